The maximum absolute atomic E-state index is 14.2. The molecule has 1 aromatic rings. The number of nitrogens with two attached hydrogens (primary N) is 2. The third kappa shape index (κ3) is 7.95. The summed E-state index contributed by atoms with van der Waals surface area (Å²) in [5.74, 6) is 0.474. The molecule has 0 aromatic heterocycles. The van der Waals surface area contributed by atoms with Gasteiger partial charge in [-0.1, -0.05) is 6.07 Å². The lowest BCUT2D eigenvalue weighted by Crippen LogP contribution is -2.64. The molecule has 6 unspecified atom stereocenters. The molecule has 18 nitrogen and oxygen atoms in total. The number of likely N-dealkylation sites (tertiary alicyclic amines) is 1. The number of nitrogens with zero attached hydrogens (tertiary/aromatic N) is 4. The number of rotatable bonds is 13. The Morgan fingerprint density at radius 2 is 1.91 bits per heavy atom. The van der Waals surface area contributed by atoms with Crippen LogP contribution in [0, 0.1) is 5.92 Å². The maximum atomic E-state index is 14.2. The molecule has 7 N–H and O–H groups in total. The van der Waals surface area contributed by atoms with E-state index in [9.17, 15) is 24.0 Å². The summed E-state index contributed by atoms with van der Waals surface area (Å²) in [6.07, 6.45) is 3.27. The molecule has 55 heavy (non-hydrogen) atoms. The minimum atomic E-state index is -1.00. The molecule has 18 heteroatoms. The quantitative estimate of drug-likeness (QED) is 0.101. The van der Waals surface area contributed by atoms with Crippen molar-refractivity contribution in [1.82, 2.24) is 30.7 Å². The van der Waals surface area contributed by atoms with Crippen molar-refractivity contribution < 1.29 is 42.9 Å². The van der Waals surface area contributed by atoms with Gasteiger partial charge in [-0.3, -0.25) is 24.3 Å². The molecule has 0 radical (unpaired) electrons. The number of hydrogen-bond donors (Lipinski definition) is 5. The molecule has 5 aliphatic rings. The van der Waals surface area contributed by atoms with E-state index >= 15 is 0 Å². The number of aliphatic imine (C=N–C) groups is 1. The fourth-order valence-electron chi connectivity index (χ4n) is 8.94. The van der Waals surface area contributed by atoms with Crippen LogP contribution in [0.5, 0.6) is 11.5 Å². The summed E-state index contributed by atoms with van der Waals surface area (Å²) in [6, 6.07) is 2.67. The molecule has 2 bridgehead atoms. The van der Waals surface area contributed by atoms with Crippen LogP contribution in [0.2, 0.25) is 0 Å². The highest BCUT2D eigenvalue weighted by atomic mass is 16.6. The number of hydrogen-bond acceptors (Lipinski definition) is 11. The van der Waals surface area contributed by atoms with Crippen molar-refractivity contribution in [3.63, 3.8) is 0 Å². The van der Waals surface area contributed by atoms with Gasteiger partial charge in [0.2, 0.25) is 17.7 Å². The van der Waals surface area contributed by atoms with Crippen LogP contribution in [0.15, 0.2) is 29.0 Å². The Balaban J connectivity index is 1.20. The number of likely N-dealkylation sites (N-methyl/N-ethyl adjacent to an activating group) is 1. The summed E-state index contributed by atoms with van der Waals surface area (Å²) < 4.78 is 24.0. The predicted molar refractivity (Wildman–Crippen MR) is 199 cm³/mol. The number of carbonyl (C=O) groups excluding carboxylic acids is 5. The molecule has 6 atom stereocenters. The van der Waals surface area contributed by atoms with Gasteiger partial charge >= 0.3 is 12.2 Å². The van der Waals surface area contributed by atoms with Crippen LogP contribution in [0.1, 0.15) is 50.7 Å². The SMILES string of the molecule is CCOC(=O)N1CCN(C(=O)OC2=CCC3C4Cc5ccc(OC)c6c5C3(CCN4C)C2O6)C(CNC(=O)C(CCCN=C(N)N)NC(=O)CNC(C)=O)C1. The average Bonchev–Trinajstić information content (AvgIpc) is 3.51. The number of guanidine groups is 1. The fourth-order valence-corrected chi connectivity index (χ4v) is 8.94. The molecule has 1 aromatic carbocycles. The molecule has 5 amide bonds. The number of benzene rings is 1. The van der Waals surface area contributed by atoms with Crippen molar-refractivity contribution >= 4 is 35.9 Å². The second-order valence-corrected chi connectivity index (χ2v) is 14.7. The first kappa shape index (κ1) is 39.4. The Bertz CT molecular complexity index is 1730. The minimum Gasteiger partial charge on any atom is -0.493 e. The lowest BCUT2D eigenvalue weighted by molar-refractivity contribution is -0.129. The van der Waals surface area contributed by atoms with E-state index < -0.39 is 48.1 Å². The predicted octanol–water partition coefficient (Wildman–Crippen LogP) is -0.0720. The second-order valence-electron chi connectivity index (χ2n) is 14.7. The number of amides is 5. The van der Waals surface area contributed by atoms with E-state index in [2.05, 4.69) is 39.0 Å². The van der Waals surface area contributed by atoms with Crippen molar-refractivity contribution in [3.05, 3.63) is 35.1 Å². The first-order valence-electron chi connectivity index (χ1n) is 18.9. The number of nitrogens with one attached hydrogen (secondary N) is 3. The number of piperazine rings is 1. The monoisotopic (exact) mass is 767 g/mol. The zero-order chi connectivity index (χ0) is 39.4. The van der Waals surface area contributed by atoms with E-state index in [-0.39, 0.29) is 69.6 Å². The van der Waals surface area contributed by atoms with E-state index in [1.807, 2.05) is 12.1 Å². The van der Waals surface area contributed by atoms with Crippen LogP contribution in [0.4, 0.5) is 9.59 Å². The summed E-state index contributed by atoms with van der Waals surface area (Å²) >= 11 is 0. The highest BCUT2D eigenvalue weighted by Crippen LogP contribution is 2.63. The molecule has 0 saturated carbocycles. The van der Waals surface area contributed by atoms with E-state index in [1.54, 1.807) is 14.0 Å². The molecule has 1 spiro atoms. The van der Waals surface area contributed by atoms with E-state index in [4.69, 9.17) is 30.4 Å². The van der Waals surface area contributed by atoms with Gasteiger partial charge in [-0.15, -0.1) is 0 Å². The molecule has 3 heterocycles. The zero-order valence-corrected chi connectivity index (χ0v) is 31.9. The van der Waals surface area contributed by atoms with Crippen LogP contribution in [0.25, 0.3) is 0 Å². The Hall–Kier alpha value is -5.26. The van der Waals surface area contributed by atoms with Crippen LogP contribution >= 0.6 is 0 Å². The smallest absolute Gasteiger partial charge is 0.415 e. The van der Waals surface area contributed by atoms with Crippen molar-refractivity contribution in [2.24, 2.45) is 22.4 Å². The van der Waals surface area contributed by atoms with E-state index in [0.29, 0.717) is 36.1 Å². The van der Waals surface area contributed by atoms with Crippen molar-refractivity contribution in [2.75, 3.05) is 66.6 Å². The molecular formula is C37H53N9O9. The largest absolute Gasteiger partial charge is 0.493 e. The Kier molecular flexibility index (Phi) is 11.9. The normalized spacial score (nSPS) is 25.3. The highest BCUT2D eigenvalue weighted by molar-refractivity contribution is 5.90. The molecule has 3 aliphatic heterocycles. The average molecular weight is 768 g/mol. The molecule has 2 saturated heterocycles. The number of piperidine rings is 1. The van der Waals surface area contributed by atoms with Crippen LogP contribution in [-0.2, 0) is 35.7 Å². The van der Waals surface area contributed by atoms with Gasteiger partial charge < -0.3 is 56.2 Å². The number of carbonyl (C=O) groups is 5. The Morgan fingerprint density at radius 1 is 1.11 bits per heavy atom. The number of ether oxygens (including phenoxy) is 4. The first-order chi connectivity index (χ1) is 26.4. The van der Waals surface area contributed by atoms with Crippen LogP contribution < -0.4 is 36.9 Å². The van der Waals surface area contributed by atoms with Gasteiger partial charge in [-0.2, -0.15) is 0 Å². The van der Waals surface area contributed by atoms with Gasteiger partial charge in [0.15, 0.2) is 23.6 Å². The minimum absolute atomic E-state index is 0.0588. The Labute approximate surface area is 320 Å². The summed E-state index contributed by atoms with van der Waals surface area (Å²) in [4.78, 5) is 74.0. The van der Waals surface area contributed by atoms with Gasteiger partial charge in [0, 0.05) is 56.7 Å². The van der Waals surface area contributed by atoms with Gasteiger partial charge in [0.1, 0.15) is 11.8 Å². The second kappa shape index (κ2) is 16.6. The van der Waals surface area contributed by atoms with E-state index in [0.717, 1.165) is 24.9 Å². The fraction of sp³-hybridized carbons (Fsp3) is 0.622. The molecule has 2 aliphatic carbocycles. The maximum Gasteiger partial charge on any atom is 0.415 e. The lowest BCUT2D eigenvalue weighted by atomic mass is 9.53. The van der Waals surface area contributed by atoms with Gasteiger partial charge in [0.25, 0.3) is 0 Å². The summed E-state index contributed by atoms with van der Waals surface area (Å²) in [5, 5.41) is 7.91. The first-order valence-corrected chi connectivity index (χ1v) is 18.9. The third-order valence-electron chi connectivity index (χ3n) is 11.5. The van der Waals surface area contributed by atoms with Crippen molar-refractivity contribution in [3.8, 4) is 11.5 Å². The van der Waals surface area contributed by atoms with Crippen LogP contribution in [0.3, 0.4) is 0 Å². The summed E-state index contributed by atoms with van der Waals surface area (Å²) in [5.41, 5.74) is 12.9. The third-order valence-corrected chi connectivity index (χ3v) is 11.5. The molecule has 2 fully saturated rings. The van der Waals surface area contributed by atoms with E-state index in [1.165, 1.54) is 22.3 Å². The summed E-state index contributed by atoms with van der Waals surface area (Å²) in [7, 11) is 3.79. The standard InChI is InChI=1S/C37H53N9O9/c1-5-53-35(50)45-15-16-46(23(20-45)18-42-33(49)25(7-6-13-40-34(38)39)43-29(48)19-41-21(2)47)36(51)54-28-11-9-24-26-17-22-8-10-27(52-4)31-30(22)37(24,32(28)55-31)12-14-44(26)3/h8,10-11,23-26,32H,5-7,9,12-20H2,1-4H3,(H,41,47)(H,42,49)(H,43,48)(H4,38,39,40). The lowest BCUT2D eigenvalue weighted by Gasteiger charge is -2.56. The van der Waals surface area contributed by atoms with Crippen LogP contribution in [-0.4, -0.2) is 141 Å². The van der Waals surface area contributed by atoms with Gasteiger partial charge in [-0.05, 0) is 76.2 Å². The zero-order valence-electron chi connectivity index (χ0n) is 31.9. The highest BCUT2D eigenvalue weighted by Gasteiger charge is 2.65. The van der Waals surface area contributed by atoms with Crippen molar-refractivity contribution in [2.45, 2.75) is 75.6 Å². The summed E-state index contributed by atoms with van der Waals surface area (Å²) in [6.45, 7) is 4.24. The Morgan fingerprint density at radius 3 is 2.64 bits per heavy atom. The number of methoxy groups -OCH3 is 1. The number of allylic oxidation sites excluding steroid dienone is 1. The van der Waals surface area contributed by atoms with Crippen molar-refractivity contribution in [1.29, 1.82) is 0 Å². The van der Waals surface area contributed by atoms with Gasteiger partial charge in [-0.25, -0.2) is 9.59 Å². The molecule has 6 rings (SSSR count). The molecular weight excluding hydrogens is 714 g/mol. The molecule has 300 valence electrons. The topological polar surface area (TPSA) is 232 Å². The van der Waals surface area contributed by atoms with Gasteiger partial charge in [0.05, 0.1) is 26.3 Å².